The first-order chi connectivity index (χ1) is 11.4. The number of hydrogen-bond donors (Lipinski definition) is 1. The van der Waals surface area contributed by atoms with Crippen molar-refractivity contribution in [2.24, 2.45) is 5.92 Å². The van der Waals surface area contributed by atoms with Crippen LogP contribution in [-0.4, -0.2) is 31.9 Å². The van der Waals surface area contributed by atoms with Crippen LogP contribution in [0.25, 0.3) is 0 Å². The molecule has 1 fully saturated rings. The first-order valence-electron chi connectivity index (χ1n) is 7.97. The second kappa shape index (κ2) is 8.37. The van der Waals surface area contributed by atoms with Gasteiger partial charge in [-0.3, -0.25) is 4.79 Å². The van der Waals surface area contributed by atoms with Crippen LogP contribution in [0.5, 0.6) is 5.75 Å². The summed E-state index contributed by atoms with van der Waals surface area (Å²) >= 11 is 0. The maximum absolute atomic E-state index is 12.3. The summed E-state index contributed by atoms with van der Waals surface area (Å²) in [5.41, 5.74) is 0.692. The van der Waals surface area contributed by atoms with E-state index in [-0.39, 0.29) is 23.7 Å². The van der Waals surface area contributed by atoms with E-state index in [4.69, 9.17) is 9.47 Å². The Bertz CT molecular complexity index is 540. The van der Waals surface area contributed by atoms with Gasteiger partial charge in [-0.1, -0.05) is 18.2 Å². The molecule has 0 radical (unpaired) electrons. The van der Waals surface area contributed by atoms with Crippen molar-refractivity contribution < 1.29 is 27.4 Å². The van der Waals surface area contributed by atoms with Gasteiger partial charge in [-0.15, -0.1) is 0 Å². The average molecular weight is 345 g/mol. The normalized spacial score (nSPS) is 21.3. The standard InChI is InChI=1S/C17H22F3NO3/c1-23-16(22)12-6-8-14(9-7-12)21-10-13-4-2-3-5-15(13)24-11-17(18,19)20/h2-5,12,14,21H,6-11H2,1H3. The summed E-state index contributed by atoms with van der Waals surface area (Å²) in [6.07, 6.45) is -1.16. The molecule has 1 aromatic rings. The smallest absolute Gasteiger partial charge is 0.422 e. The largest absolute Gasteiger partial charge is 0.484 e. The van der Waals surface area contributed by atoms with Crippen molar-refractivity contribution >= 4 is 5.97 Å². The van der Waals surface area contributed by atoms with Crippen molar-refractivity contribution in [2.45, 2.75) is 44.4 Å². The Balaban J connectivity index is 1.83. The van der Waals surface area contributed by atoms with Gasteiger partial charge in [0.15, 0.2) is 6.61 Å². The molecule has 134 valence electrons. The monoisotopic (exact) mass is 345 g/mol. The number of alkyl halides is 3. The number of esters is 1. The SMILES string of the molecule is COC(=O)C1CCC(NCc2ccccc2OCC(F)(F)F)CC1. The third kappa shape index (κ3) is 5.70. The first kappa shape index (κ1) is 18.6. The topological polar surface area (TPSA) is 47.6 Å². The number of halogens is 3. The number of rotatable bonds is 6. The molecule has 0 heterocycles. The Morgan fingerprint density at radius 2 is 1.88 bits per heavy atom. The molecule has 1 aromatic carbocycles. The predicted octanol–water partition coefficient (Wildman–Crippen LogP) is 3.45. The van der Waals surface area contributed by atoms with Gasteiger partial charge in [0.1, 0.15) is 5.75 Å². The van der Waals surface area contributed by atoms with Crippen molar-refractivity contribution in [2.75, 3.05) is 13.7 Å². The zero-order chi connectivity index (χ0) is 17.6. The fourth-order valence-corrected chi connectivity index (χ4v) is 2.90. The molecule has 2 rings (SSSR count). The van der Waals surface area contributed by atoms with Gasteiger partial charge >= 0.3 is 12.1 Å². The molecule has 0 aromatic heterocycles. The minimum atomic E-state index is -4.35. The molecule has 1 N–H and O–H groups in total. The molecule has 0 amide bonds. The number of ether oxygens (including phenoxy) is 2. The van der Waals surface area contributed by atoms with Crippen LogP contribution < -0.4 is 10.1 Å². The van der Waals surface area contributed by atoms with Gasteiger partial charge in [0, 0.05) is 18.2 Å². The maximum atomic E-state index is 12.3. The highest BCUT2D eigenvalue weighted by Gasteiger charge is 2.29. The number of nitrogens with one attached hydrogen (secondary N) is 1. The summed E-state index contributed by atoms with van der Waals surface area (Å²) < 4.78 is 46.5. The van der Waals surface area contributed by atoms with E-state index in [0.29, 0.717) is 12.1 Å². The number of methoxy groups -OCH3 is 1. The van der Waals surface area contributed by atoms with Gasteiger partial charge in [-0.05, 0) is 31.7 Å². The lowest BCUT2D eigenvalue weighted by Gasteiger charge is -2.28. The number of para-hydroxylation sites is 1. The summed E-state index contributed by atoms with van der Waals surface area (Å²) in [4.78, 5) is 11.5. The summed E-state index contributed by atoms with van der Waals surface area (Å²) in [7, 11) is 1.39. The molecular weight excluding hydrogens is 323 g/mol. The van der Waals surface area contributed by atoms with Gasteiger partial charge in [-0.25, -0.2) is 0 Å². The first-order valence-corrected chi connectivity index (χ1v) is 7.97. The lowest BCUT2D eigenvalue weighted by molar-refractivity contribution is -0.153. The highest BCUT2D eigenvalue weighted by Crippen LogP contribution is 2.26. The summed E-state index contributed by atoms with van der Waals surface area (Å²) in [6.45, 7) is -0.865. The van der Waals surface area contributed by atoms with Crippen LogP contribution >= 0.6 is 0 Å². The van der Waals surface area contributed by atoms with Crippen LogP contribution in [0.2, 0.25) is 0 Å². The van der Waals surface area contributed by atoms with Crippen molar-refractivity contribution in [3.8, 4) is 5.75 Å². The number of hydrogen-bond acceptors (Lipinski definition) is 4. The Morgan fingerprint density at radius 1 is 1.21 bits per heavy atom. The van der Waals surface area contributed by atoms with Crippen molar-refractivity contribution in [3.05, 3.63) is 29.8 Å². The average Bonchev–Trinajstić information content (AvgIpc) is 2.58. The molecule has 4 nitrogen and oxygen atoms in total. The van der Waals surface area contributed by atoms with Crippen molar-refractivity contribution in [1.82, 2.24) is 5.32 Å². The lowest BCUT2D eigenvalue weighted by Crippen LogP contribution is -2.35. The van der Waals surface area contributed by atoms with Crippen LogP contribution in [0.15, 0.2) is 24.3 Å². The Kier molecular flexibility index (Phi) is 6.48. The molecule has 1 aliphatic carbocycles. The summed E-state index contributed by atoms with van der Waals surface area (Å²) in [6, 6.07) is 6.94. The molecule has 0 bridgehead atoms. The van der Waals surface area contributed by atoms with E-state index >= 15 is 0 Å². The molecule has 24 heavy (non-hydrogen) atoms. The van der Waals surface area contributed by atoms with E-state index in [9.17, 15) is 18.0 Å². The van der Waals surface area contributed by atoms with E-state index in [2.05, 4.69) is 5.32 Å². The van der Waals surface area contributed by atoms with Crippen LogP contribution in [0.3, 0.4) is 0 Å². The number of benzene rings is 1. The van der Waals surface area contributed by atoms with E-state index < -0.39 is 12.8 Å². The van der Waals surface area contributed by atoms with Gasteiger partial charge in [0.05, 0.1) is 13.0 Å². The Morgan fingerprint density at radius 3 is 2.50 bits per heavy atom. The van der Waals surface area contributed by atoms with E-state index in [1.165, 1.54) is 13.2 Å². The molecule has 0 atom stereocenters. The zero-order valence-corrected chi connectivity index (χ0v) is 13.6. The van der Waals surface area contributed by atoms with Crippen LogP contribution in [0, 0.1) is 5.92 Å². The summed E-state index contributed by atoms with van der Waals surface area (Å²) in [5.74, 6) is 0.0281. The van der Waals surface area contributed by atoms with Crippen LogP contribution in [-0.2, 0) is 16.1 Å². The third-order valence-electron chi connectivity index (χ3n) is 4.21. The van der Waals surface area contributed by atoms with Gasteiger partial charge < -0.3 is 14.8 Å². The minimum Gasteiger partial charge on any atom is -0.484 e. The van der Waals surface area contributed by atoms with Gasteiger partial charge in [-0.2, -0.15) is 13.2 Å². The number of carbonyl (C=O) groups excluding carboxylic acids is 1. The molecule has 1 saturated carbocycles. The van der Waals surface area contributed by atoms with E-state index in [1.54, 1.807) is 18.2 Å². The summed E-state index contributed by atoms with van der Waals surface area (Å²) in [5, 5.41) is 3.34. The molecule has 0 saturated heterocycles. The fourth-order valence-electron chi connectivity index (χ4n) is 2.90. The predicted molar refractivity (Wildman–Crippen MR) is 82.6 cm³/mol. The maximum Gasteiger partial charge on any atom is 0.422 e. The molecular formula is C17H22F3NO3. The third-order valence-corrected chi connectivity index (χ3v) is 4.21. The Labute approximate surface area is 139 Å². The lowest BCUT2D eigenvalue weighted by atomic mass is 9.86. The van der Waals surface area contributed by atoms with Crippen molar-refractivity contribution in [1.29, 1.82) is 0 Å². The quantitative estimate of drug-likeness (QED) is 0.803. The van der Waals surface area contributed by atoms with Crippen LogP contribution in [0.1, 0.15) is 31.2 Å². The molecule has 0 aliphatic heterocycles. The minimum absolute atomic E-state index is 0.0459. The second-order valence-corrected chi connectivity index (χ2v) is 5.96. The molecule has 0 spiro atoms. The molecule has 7 heteroatoms. The molecule has 0 unspecified atom stereocenters. The van der Waals surface area contributed by atoms with Crippen molar-refractivity contribution in [3.63, 3.8) is 0 Å². The van der Waals surface area contributed by atoms with E-state index in [1.807, 2.05) is 0 Å². The van der Waals surface area contributed by atoms with E-state index in [0.717, 1.165) is 25.7 Å². The zero-order valence-electron chi connectivity index (χ0n) is 13.6. The second-order valence-electron chi connectivity index (χ2n) is 5.96. The fraction of sp³-hybridized carbons (Fsp3) is 0.588. The van der Waals surface area contributed by atoms with Crippen LogP contribution in [0.4, 0.5) is 13.2 Å². The highest BCUT2D eigenvalue weighted by atomic mass is 19.4. The number of carbonyl (C=O) groups is 1. The Hall–Kier alpha value is -1.76. The highest BCUT2D eigenvalue weighted by molar-refractivity contribution is 5.72. The van der Waals surface area contributed by atoms with Gasteiger partial charge in [0.25, 0.3) is 0 Å². The van der Waals surface area contributed by atoms with Gasteiger partial charge in [0.2, 0.25) is 0 Å². The molecule has 1 aliphatic rings.